The first kappa shape index (κ1) is 17.8. The molecule has 0 aromatic heterocycles. The van der Waals surface area contributed by atoms with Gasteiger partial charge in [0.2, 0.25) is 0 Å². The fraction of sp³-hybridized carbons (Fsp3) is 0.467. The number of aromatic hydroxyl groups is 1. The molecule has 22 heavy (non-hydrogen) atoms. The molecule has 0 atom stereocenters. The van der Waals surface area contributed by atoms with E-state index < -0.39 is 12.1 Å². The molecule has 0 saturated heterocycles. The Balaban J connectivity index is 2.38. The SMILES string of the molecule is CCOCCCCOC(=O)Nc1ccc(C(=O)OC)c(O)c1. The molecular formula is C15H21NO6. The highest BCUT2D eigenvalue weighted by atomic mass is 16.5. The first-order valence-electron chi connectivity index (χ1n) is 7.01. The van der Waals surface area contributed by atoms with E-state index in [2.05, 4.69) is 10.1 Å². The van der Waals surface area contributed by atoms with Crippen LogP contribution in [0.5, 0.6) is 5.75 Å². The van der Waals surface area contributed by atoms with Crippen molar-refractivity contribution >= 4 is 17.7 Å². The van der Waals surface area contributed by atoms with E-state index in [1.54, 1.807) is 0 Å². The second-order valence-electron chi connectivity index (χ2n) is 4.39. The lowest BCUT2D eigenvalue weighted by Crippen LogP contribution is -2.15. The molecule has 0 saturated carbocycles. The van der Waals surface area contributed by atoms with E-state index >= 15 is 0 Å². The van der Waals surface area contributed by atoms with Crippen LogP contribution in [0.25, 0.3) is 0 Å². The normalized spacial score (nSPS) is 10.1. The van der Waals surface area contributed by atoms with E-state index in [-0.39, 0.29) is 17.9 Å². The summed E-state index contributed by atoms with van der Waals surface area (Å²) in [5.74, 6) is -0.928. The van der Waals surface area contributed by atoms with Gasteiger partial charge in [-0.05, 0) is 31.9 Å². The van der Waals surface area contributed by atoms with E-state index in [0.29, 0.717) is 25.3 Å². The number of unbranched alkanes of at least 4 members (excludes halogenated alkanes) is 1. The molecule has 0 fully saturated rings. The van der Waals surface area contributed by atoms with E-state index in [1.807, 2.05) is 6.92 Å². The second kappa shape index (κ2) is 9.62. The van der Waals surface area contributed by atoms with Gasteiger partial charge in [-0.25, -0.2) is 9.59 Å². The van der Waals surface area contributed by atoms with Crippen LogP contribution in [-0.4, -0.2) is 44.1 Å². The van der Waals surface area contributed by atoms with Crippen LogP contribution in [0.3, 0.4) is 0 Å². The third kappa shape index (κ3) is 6.01. The van der Waals surface area contributed by atoms with Crippen molar-refractivity contribution in [1.82, 2.24) is 0 Å². The molecule has 0 aliphatic carbocycles. The van der Waals surface area contributed by atoms with Gasteiger partial charge in [0, 0.05) is 25.0 Å². The zero-order valence-corrected chi connectivity index (χ0v) is 12.8. The predicted molar refractivity (Wildman–Crippen MR) is 80.1 cm³/mol. The number of hydrogen-bond acceptors (Lipinski definition) is 6. The standard InChI is InChI=1S/C15H21NO6/c1-3-21-8-4-5-9-22-15(19)16-11-6-7-12(13(17)10-11)14(18)20-2/h6-7,10,17H,3-5,8-9H2,1-2H3,(H,16,19). The Hall–Kier alpha value is -2.28. The van der Waals surface area contributed by atoms with Crippen LogP contribution in [0.2, 0.25) is 0 Å². The number of esters is 1. The number of hydrogen-bond donors (Lipinski definition) is 2. The number of amides is 1. The Bertz CT molecular complexity index is 503. The van der Waals surface area contributed by atoms with Crippen LogP contribution in [0.15, 0.2) is 18.2 Å². The molecule has 0 bridgehead atoms. The van der Waals surface area contributed by atoms with Crippen molar-refractivity contribution in [2.75, 3.05) is 32.2 Å². The number of carbonyl (C=O) groups excluding carboxylic acids is 2. The van der Waals surface area contributed by atoms with Gasteiger partial charge in [0.05, 0.1) is 13.7 Å². The molecular weight excluding hydrogens is 290 g/mol. The Morgan fingerprint density at radius 1 is 1.23 bits per heavy atom. The fourth-order valence-corrected chi connectivity index (χ4v) is 1.66. The van der Waals surface area contributed by atoms with Gasteiger partial charge in [-0.2, -0.15) is 0 Å². The summed E-state index contributed by atoms with van der Waals surface area (Å²) in [6.07, 6.45) is 0.900. The molecule has 122 valence electrons. The van der Waals surface area contributed by atoms with Gasteiger partial charge < -0.3 is 19.3 Å². The highest BCUT2D eigenvalue weighted by Gasteiger charge is 2.12. The Morgan fingerprint density at radius 3 is 2.59 bits per heavy atom. The van der Waals surface area contributed by atoms with Gasteiger partial charge in [0.1, 0.15) is 11.3 Å². The van der Waals surface area contributed by atoms with Gasteiger partial charge >= 0.3 is 12.1 Å². The minimum absolute atomic E-state index is 0.0253. The monoisotopic (exact) mass is 311 g/mol. The lowest BCUT2D eigenvalue weighted by atomic mass is 10.2. The first-order chi connectivity index (χ1) is 10.6. The van der Waals surface area contributed by atoms with Crippen molar-refractivity contribution < 1.29 is 28.9 Å². The van der Waals surface area contributed by atoms with Crippen LogP contribution in [0.4, 0.5) is 10.5 Å². The number of ether oxygens (including phenoxy) is 3. The van der Waals surface area contributed by atoms with Gasteiger partial charge in [0.25, 0.3) is 0 Å². The summed E-state index contributed by atoms with van der Waals surface area (Å²) < 4.78 is 14.7. The Morgan fingerprint density at radius 2 is 1.95 bits per heavy atom. The van der Waals surface area contributed by atoms with Crippen molar-refractivity contribution in [3.63, 3.8) is 0 Å². The highest BCUT2D eigenvalue weighted by molar-refractivity contribution is 5.94. The lowest BCUT2D eigenvalue weighted by molar-refractivity contribution is 0.0597. The summed E-state index contributed by atoms with van der Waals surface area (Å²) in [5.41, 5.74) is 0.349. The smallest absolute Gasteiger partial charge is 0.411 e. The minimum Gasteiger partial charge on any atom is -0.507 e. The molecule has 0 aliphatic rings. The molecule has 0 heterocycles. The number of nitrogens with one attached hydrogen (secondary N) is 1. The van der Waals surface area contributed by atoms with Gasteiger partial charge in [-0.3, -0.25) is 5.32 Å². The van der Waals surface area contributed by atoms with Crippen LogP contribution >= 0.6 is 0 Å². The third-order valence-electron chi connectivity index (χ3n) is 2.77. The third-order valence-corrected chi connectivity index (χ3v) is 2.77. The molecule has 0 unspecified atom stereocenters. The first-order valence-corrected chi connectivity index (χ1v) is 7.01. The maximum atomic E-state index is 11.5. The summed E-state index contributed by atoms with van der Waals surface area (Å²) >= 11 is 0. The van der Waals surface area contributed by atoms with Gasteiger partial charge in [-0.1, -0.05) is 0 Å². The van der Waals surface area contributed by atoms with E-state index in [9.17, 15) is 14.7 Å². The number of anilines is 1. The predicted octanol–water partition coefficient (Wildman–Crippen LogP) is 2.54. The van der Waals surface area contributed by atoms with Gasteiger partial charge in [0.15, 0.2) is 0 Å². The fourth-order valence-electron chi connectivity index (χ4n) is 1.66. The Kier molecular flexibility index (Phi) is 7.77. The van der Waals surface area contributed by atoms with Crippen molar-refractivity contribution in [2.24, 2.45) is 0 Å². The van der Waals surface area contributed by atoms with Crippen molar-refractivity contribution in [2.45, 2.75) is 19.8 Å². The summed E-state index contributed by atoms with van der Waals surface area (Å²) in [7, 11) is 1.22. The molecule has 1 aromatic carbocycles. The summed E-state index contributed by atoms with van der Waals surface area (Å²) in [5, 5.41) is 12.2. The number of benzene rings is 1. The zero-order valence-electron chi connectivity index (χ0n) is 12.8. The second-order valence-corrected chi connectivity index (χ2v) is 4.39. The number of carbonyl (C=O) groups is 2. The largest absolute Gasteiger partial charge is 0.507 e. The number of phenols is 1. The molecule has 2 N–H and O–H groups in total. The van der Waals surface area contributed by atoms with Crippen molar-refractivity contribution in [3.8, 4) is 5.75 Å². The summed E-state index contributed by atoms with van der Waals surface area (Å²) in [6.45, 7) is 3.52. The van der Waals surface area contributed by atoms with E-state index in [0.717, 1.165) is 6.42 Å². The average molecular weight is 311 g/mol. The molecule has 1 amide bonds. The average Bonchev–Trinajstić information content (AvgIpc) is 2.50. The number of phenolic OH excluding ortho intramolecular Hbond substituents is 1. The topological polar surface area (TPSA) is 94.1 Å². The van der Waals surface area contributed by atoms with E-state index in [4.69, 9.17) is 9.47 Å². The molecule has 7 nitrogen and oxygen atoms in total. The van der Waals surface area contributed by atoms with Crippen LogP contribution in [-0.2, 0) is 14.2 Å². The van der Waals surface area contributed by atoms with Crippen LogP contribution < -0.4 is 5.32 Å². The van der Waals surface area contributed by atoms with Crippen molar-refractivity contribution in [3.05, 3.63) is 23.8 Å². The zero-order chi connectivity index (χ0) is 16.4. The molecule has 0 aliphatic heterocycles. The molecule has 0 radical (unpaired) electrons. The van der Waals surface area contributed by atoms with Crippen LogP contribution in [0, 0.1) is 0 Å². The Labute approximate surface area is 129 Å². The van der Waals surface area contributed by atoms with E-state index in [1.165, 1.54) is 25.3 Å². The van der Waals surface area contributed by atoms with Gasteiger partial charge in [-0.15, -0.1) is 0 Å². The highest BCUT2D eigenvalue weighted by Crippen LogP contribution is 2.22. The molecule has 1 aromatic rings. The number of methoxy groups -OCH3 is 1. The summed E-state index contributed by atoms with van der Waals surface area (Å²) in [6, 6.07) is 4.09. The molecule has 7 heteroatoms. The lowest BCUT2D eigenvalue weighted by Gasteiger charge is -2.09. The molecule has 1 rings (SSSR count). The summed E-state index contributed by atoms with van der Waals surface area (Å²) in [4.78, 5) is 22.9. The quantitative estimate of drug-likeness (QED) is 0.566. The molecule has 0 spiro atoms. The van der Waals surface area contributed by atoms with Crippen LogP contribution in [0.1, 0.15) is 30.1 Å². The van der Waals surface area contributed by atoms with Crippen molar-refractivity contribution in [1.29, 1.82) is 0 Å². The maximum absolute atomic E-state index is 11.5. The maximum Gasteiger partial charge on any atom is 0.411 e. The minimum atomic E-state index is -0.652. The number of rotatable bonds is 8.